The summed E-state index contributed by atoms with van der Waals surface area (Å²) in [5.74, 6) is -0.526. The van der Waals surface area contributed by atoms with Crippen LogP contribution < -0.4 is 5.32 Å². The van der Waals surface area contributed by atoms with Gasteiger partial charge in [-0.15, -0.1) is 0 Å². The molecule has 0 aliphatic carbocycles. The van der Waals surface area contributed by atoms with Crippen molar-refractivity contribution in [3.8, 4) is 0 Å². The summed E-state index contributed by atoms with van der Waals surface area (Å²) in [5.41, 5.74) is 2.84. The highest BCUT2D eigenvalue weighted by molar-refractivity contribution is 7.89. The fourth-order valence-electron chi connectivity index (χ4n) is 3.33. The number of rotatable bonds is 3. The molecule has 0 radical (unpaired) electrons. The summed E-state index contributed by atoms with van der Waals surface area (Å²) in [6.07, 6.45) is 0. The van der Waals surface area contributed by atoms with Crippen LogP contribution >= 0.6 is 0 Å². The van der Waals surface area contributed by atoms with Crippen LogP contribution in [0.4, 0.5) is 5.69 Å². The Kier molecular flexibility index (Phi) is 4.65. The molecule has 1 heterocycles. The second-order valence-electron chi connectivity index (χ2n) is 6.81. The number of amides is 1. The summed E-state index contributed by atoms with van der Waals surface area (Å²) in [4.78, 5) is 13.3. The second-order valence-corrected chi connectivity index (χ2v) is 8.67. The molecule has 1 aliphatic heterocycles. The molecule has 1 atom stereocenters. The Labute approximate surface area is 164 Å². The third-order valence-electron chi connectivity index (χ3n) is 4.87. The van der Waals surface area contributed by atoms with Gasteiger partial charge in [0.25, 0.3) is 15.9 Å². The molecule has 1 N–H and O–H groups in total. The van der Waals surface area contributed by atoms with Crippen molar-refractivity contribution in [2.24, 2.45) is 0 Å². The molecule has 3 aromatic carbocycles. The van der Waals surface area contributed by atoms with E-state index in [-0.39, 0.29) is 17.5 Å². The largest absolute Gasteiger partial charge is 0.376 e. The Morgan fingerprint density at radius 1 is 0.893 bits per heavy atom. The first kappa shape index (κ1) is 18.3. The van der Waals surface area contributed by atoms with Gasteiger partial charge in [0.1, 0.15) is 0 Å². The van der Waals surface area contributed by atoms with E-state index in [0.29, 0.717) is 11.3 Å². The average molecular weight is 392 g/mol. The Hall–Kier alpha value is -3.12. The Balaban J connectivity index is 1.83. The molecule has 0 saturated heterocycles. The summed E-state index contributed by atoms with van der Waals surface area (Å²) < 4.78 is 27.6. The highest BCUT2D eigenvalue weighted by Gasteiger charge is 2.36. The third kappa shape index (κ3) is 3.27. The van der Waals surface area contributed by atoms with Crippen molar-refractivity contribution in [1.29, 1.82) is 0 Å². The molecule has 1 amide bonds. The quantitative estimate of drug-likeness (QED) is 0.732. The zero-order valence-corrected chi connectivity index (χ0v) is 16.2. The molecule has 1 aliphatic rings. The van der Waals surface area contributed by atoms with E-state index in [1.807, 2.05) is 43.3 Å². The van der Waals surface area contributed by atoms with Crippen molar-refractivity contribution in [2.75, 3.05) is 11.9 Å². The highest BCUT2D eigenvalue weighted by atomic mass is 32.2. The number of carbonyl (C=O) groups is 1. The minimum atomic E-state index is -3.99. The number of fused-ring (bicyclic) bond motifs is 1. The molecule has 0 bridgehead atoms. The van der Waals surface area contributed by atoms with Gasteiger partial charge < -0.3 is 5.32 Å². The van der Waals surface area contributed by atoms with E-state index in [9.17, 15) is 13.2 Å². The van der Waals surface area contributed by atoms with Crippen LogP contribution in [0.3, 0.4) is 0 Å². The lowest BCUT2D eigenvalue weighted by Gasteiger charge is -2.25. The fourth-order valence-corrected chi connectivity index (χ4v) is 4.73. The van der Waals surface area contributed by atoms with E-state index in [2.05, 4.69) is 5.32 Å². The normalized spacial score (nSPS) is 16.8. The van der Waals surface area contributed by atoms with Crippen molar-refractivity contribution < 1.29 is 13.2 Å². The predicted molar refractivity (Wildman–Crippen MR) is 109 cm³/mol. The molecular formula is C22H20N2O3S. The van der Waals surface area contributed by atoms with Gasteiger partial charge in [-0.1, -0.05) is 60.2 Å². The molecule has 0 fully saturated rings. The Morgan fingerprint density at radius 2 is 1.54 bits per heavy atom. The smallest absolute Gasteiger partial charge is 0.269 e. The average Bonchev–Trinajstić information content (AvgIpc) is 2.86. The maximum Gasteiger partial charge on any atom is 0.269 e. The van der Waals surface area contributed by atoms with Crippen LogP contribution in [0.15, 0.2) is 83.8 Å². The number of carbonyl (C=O) groups excluding carboxylic acids is 1. The topological polar surface area (TPSA) is 66.5 Å². The van der Waals surface area contributed by atoms with Gasteiger partial charge in [-0.05, 0) is 36.8 Å². The van der Waals surface area contributed by atoms with Gasteiger partial charge >= 0.3 is 0 Å². The number of anilines is 1. The van der Waals surface area contributed by atoms with Crippen LogP contribution in [0.25, 0.3) is 0 Å². The Bertz CT molecular complexity index is 1110. The van der Waals surface area contributed by atoms with Gasteiger partial charge in [0.2, 0.25) is 0 Å². The lowest BCUT2D eigenvalue weighted by atomic mass is 10.1. The standard InChI is InChI=1S/C22H20N2O3S/c1-16-11-13-18(14-12-16)28(26,27)24-15-21(17-7-3-2-4-8-17)23-20-10-6-5-9-19(20)22(24)25/h2-14,21,23H,15H2,1H3/t21-/m1/s1. The van der Waals surface area contributed by atoms with Crippen molar-refractivity contribution >= 4 is 21.6 Å². The second kappa shape index (κ2) is 7.13. The molecular weight excluding hydrogens is 372 g/mol. The molecule has 142 valence electrons. The van der Waals surface area contributed by atoms with Crippen molar-refractivity contribution in [2.45, 2.75) is 17.9 Å². The summed E-state index contributed by atoms with van der Waals surface area (Å²) >= 11 is 0. The van der Waals surface area contributed by atoms with E-state index >= 15 is 0 Å². The summed E-state index contributed by atoms with van der Waals surface area (Å²) in [6.45, 7) is 1.90. The van der Waals surface area contributed by atoms with Gasteiger partial charge in [-0.2, -0.15) is 0 Å². The van der Waals surface area contributed by atoms with Crippen LogP contribution in [0, 0.1) is 6.92 Å². The molecule has 0 saturated carbocycles. The molecule has 28 heavy (non-hydrogen) atoms. The van der Waals surface area contributed by atoms with E-state index < -0.39 is 15.9 Å². The fraction of sp³-hybridized carbons (Fsp3) is 0.136. The molecule has 4 rings (SSSR count). The number of benzene rings is 3. The van der Waals surface area contributed by atoms with Gasteiger partial charge in [0.05, 0.1) is 23.0 Å². The lowest BCUT2D eigenvalue weighted by Crippen LogP contribution is -2.39. The van der Waals surface area contributed by atoms with Gasteiger partial charge in [-0.3, -0.25) is 4.79 Å². The van der Waals surface area contributed by atoms with Crippen LogP contribution in [0.1, 0.15) is 27.5 Å². The van der Waals surface area contributed by atoms with Crippen LogP contribution in [0.2, 0.25) is 0 Å². The van der Waals surface area contributed by atoms with E-state index in [1.165, 1.54) is 0 Å². The zero-order valence-electron chi connectivity index (χ0n) is 15.4. The van der Waals surface area contributed by atoms with Gasteiger partial charge in [0, 0.05) is 5.69 Å². The molecule has 0 unspecified atom stereocenters. The number of hydrogen-bond acceptors (Lipinski definition) is 4. The van der Waals surface area contributed by atoms with E-state index in [4.69, 9.17) is 0 Å². The van der Waals surface area contributed by atoms with E-state index in [1.54, 1.807) is 42.5 Å². The minimum absolute atomic E-state index is 0.00768. The summed E-state index contributed by atoms with van der Waals surface area (Å²) in [7, 11) is -3.99. The minimum Gasteiger partial charge on any atom is -0.376 e. The summed E-state index contributed by atoms with van der Waals surface area (Å²) in [5, 5.41) is 3.34. The number of nitrogens with zero attached hydrogens (tertiary/aromatic N) is 1. The third-order valence-corrected chi connectivity index (χ3v) is 6.64. The Morgan fingerprint density at radius 3 is 2.25 bits per heavy atom. The highest BCUT2D eigenvalue weighted by Crippen LogP contribution is 2.31. The van der Waals surface area contributed by atoms with E-state index in [0.717, 1.165) is 15.4 Å². The van der Waals surface area contributed by atoms with Crippen LogP contribution in [-0.2, 0) is 10.0 Å². The SMILES string of the molecule is Cc1ccc(S(=O)(=O)N2C[C@H](c3ccccc3)Nc3ccccc3C2=O)cc1. The maximum atomic E-state index is 13.3. The summed E-state index contributed by atoms with van der Waals surface area (Å²) in [6, 6.07) is 22.7. The number of nitrogens with one attached hydrogen (secondary N) is 1. The first-order valence-electron chi connectivity index (χ1n) is 9.01. The number of sulfonamides is 1. The van der Waals surface area contributed by atoms with Gasteiger partial charge in [-0.25, -0.2) is 12.7 Å². The number of para-hydroxylation sites is 1. The molecule has 3 aromatic rings. The van der Waals surface area contributed by atoms with Crippen molar-refractivity contribution in [3.63, 3.8) is 0 Å². The predicted octanol–water partition coefficient (Wildman–Crippen LogP) is 3.99. The molecule has 6 heteroatoms. The van der Waals surface area contributed by atoms with Crippen LogP contribution in [-0.4, -0.2) is 25.2 Å². The van der Waals surface area contributed by atoms with Crippen molar-refractivity contribution in [3.05, 3.63) is 95.6 Å². The monoisotopic (exact) mass is 392 g/mol. The maximum absolute atomic E-state index is 13.3. The zero-order chi connectivity index (χ0) is 19.7. The van der Waals surface area contributed by atoms with Gasteiger partial charge in [0.15, 0.2) is 0 Å². The number of aryl methyl sites for hydroxylation is 1. The molecule has 5 nitrogen and oxygen atoms in total. The van der Waals surface area contributed by atoms with Crippen LogP contribution in [0.5, 0.6) is 0 Å². The molecule has 0 spiro atoms. The van der Waals surface area contributed by atoms with Crippen molar-refractivity contribution in [1.82, 2.24) is 4.31 Å². The first-order valence-corrected chi connectivity index (χ1v) is 10.4. The first-order chi connectivity index (χ1) is 13.5. The molecule has 0 aromatic heterocycles. The lowest BCUT2D eigenvalue weighted by molar-refractivity contribution is 0.0863. The number of hydrogen-bond donors (Lipinski definition) is 1.